The van der Waals surface area contributed by atoms with Crippen LogP contribution in [0.5, 0.6) is 0 Å². The van der Waals surface area contributed by atoms with Crippen molar-refractivity contribution in [3.63, 3.8) is 0 Å². The first-order valence-electron chi connectivity index (χ1n) is 6.44. The van der Waals surface area contributed by atoms with Crippen molar-refractivity contribution < 1.29 is 24.2 Å². The molecule has 1 unspecified atom stereocenters. The predicted octanol–water partition coefficient (Wildman–Crippen LogP) is 1.77. The molecule has 1 amide bonds. The minimum Gasteiger partial charge on any atom is -0.458 e. The Bertz CT molecular complexity index is 363. The van der Waals surface area contributed by atoms with E-state index in [1.54, 1.807) is 41.5 Å². The highest BCUT2D eigenvalue weighted by Crippen LogP contribution is 2.10. The SMILES string of the molecule is CC(C)(C)OC(=O)NC(/C=C\CO)C(=O)OC(C)(C)C. The maximum atomic E-state index is 11.9. The predicted molar refractivity (Wildman–Crippen MR) is 75.2 cm³/mol. The van der Waals surface area contributed by atoms with Gasteiger partial charge in [-0.3, -0.25) is 0 Å². The summed E-state index contributed by atoms with van der Waals surface area (Å²) in [5.41, 5.74) is -1.33. The summed E-state index contributed by atoms with van der Waals surface area (Å²) in [7, 11) is 0. The molecule has 0 aliphatic rings. The molecule has 0 bridgehead atoms. The zero-order chi connectivity index (χ0) is 16.0. The van der Waals surface area contributed by atoms with Gasteiger partial charge in [0, 0.05) is 0 Å². The van der Waals surface area contributed by atoms with Crippen LogP contribution in [0.2, 0.25) is 0 Å². The number of nitrogens with one attached hydrogen (secondary N) is 1. The van der Waals surface area contributed by atoms with Crippen LogP contribution in [-0.4, -0.2) is 41.0 Å². The van der Waals surface area contributed by atoms with Gasteiger partial charge in [0.05, 0.1) is 6.61 Å². The molecule has 0 aromatic heterocycles. The molecule has 0 saturated carbocycles. The van der Waals surface area contributed by atoms with Crippen molar-refractivity contribution in [3.8, 4) is 0 Å². The number of hydrogen-bond acceptors (Lipinski definition) is 5. The van der Waals surface area contributed by atoms with E-state index >= 15 is 0 Å². The second-order valence-corrected chi connectivity index (χ2v) is 6.27. The second kappa shape index (κ2) is 7.28. The fourth-order valence-corrected chi connectivity index (χ4v) is 1.18. The van der Waals surface area contributed by atoms with Crippen molar-refractivity contribution >= 4 is 12.1 Å². The van der Waals surface area contributed by atoms with Crippen LogP contribution in [-0.2, 0) is 14.3 Å². The Morgan fingerprint density at radius 2 is 1.60 bits per heavy atom. The molecule has 1 atom stereocenters. The number of amides is 1. The van der Waals surface area contributed by atoms with Crippen LogP contribution in [0.3, 0.4) is 0 Å². The largest absolute Gasteiger partial charge is 0.458 e. The van der Waals surface area contributed by atoms with E-state index < -0.39 is 29.3 Å². The highest BCUT2D eigenvalue weighted by molar-refractivity contribution is 5.83. The van der Waals surface area contributed by atoms with Crippen LogP contribution >= 0.6 is 0 Å². The Morgan fingerprint density at radius 3 is 2.00 bits per heavy atom. The molecule has 0 aliphatic carbocycles. The van der Waals surface area contributed by atoms with Gasteiger partial charge in [0.2, 0.25) is 0 Å². The molecule has 0 radical (unpaired) electrons. The summed E-state index contributed by atoms with van der Waals surface area (Å²) in [6.07, 6.45) is 1.99. The topological polar surface area (TPSA) is 84.9 Å². The van der Waals surface area contributed by atoms with Gasteiger partial charge in [0.25, 0.3) is 0 Å². The third-order valence-electron chi connectivity index (χ3n) is 1.77. The highest BCUT2D eigenvalue weighted by atomic mass is 16.6. The van der Waals surface area contributed by atoms with Gasteiger partial charge in [-0.15, -0.1) is 0 Å². The first-order valence-corrected chi connectivity index (χ1v) is 6.44. The maximum absolute atomic E-state index is 11.9. The van der Waals surface area contributed by atoms with Crippen molar-refractivity contribution in [2.24, 2.45) is 0 Å². The van der Waals surface area contributed by atoms with Crippen LogP contribution in [0.25, 0.3) is 0 Å². The summed E-state index contributed by atoms with van der Waals surface area (Å²) in [5, 5.41) is 11.2. The van der Waals surface area contributed by atoms with Gasteiger partial charge in [-0.2, -0.15) is 0 Å². The van der Waals surface area contributed by atoms with Crippen molar-refractivity contribution in [1.29, 1.82) is 0 Å². The molecule has 0 rings (SSSR count). The number of aliphatic hydroxyl groups excluding tert-OH is 1. The van der Waals surface area contributed by atoms with Gasteiger partial charge < -0.3 is 19.9 Å². The van der Waals surface area contributed by atoms with Crippen molar-refractivity contribution in [3.05, 3.63) is 12.2 Å². The molecule has 0 spiro atoms. The van der Waals surface area contributed by atoms with Gasteiger partial charge >= 0.3 is 12.1 Å². The molecule has 0 fully saturated rings. The Morgan fingerprint density at radius 1 is 1.10 bits per heavy atom. The lowest BCUT2D eigenvalue weighted by Crippen LogP contribution is -2.45. The number of esters is 1. The zero-order valence-corrected chi connectivity index (χ0v) is 13.0. The third-order valence-corrected chi connectivity index (χ3v) is 1.77. The summed E-state index contributed by atoms with van der Waals surface area (Å²) in [5.74, 6) is -0.618. The highest BCUT2D eigenvalue weighted by Gasteiger charge is 2.26. The molecule has 2 N–H and O–H groups in total. The number of carbonyl (C=O) groups excluding carboxylic acids is 2. The number of carbonyl (C=O) groups is 2. The van der Waals surface area contributed by atoms with E-state index in [9.17, 15) is 9.59 Å². The second-order valence-electron chi connectivity index (χ2n) is 6.27. The summed E-state index contributed by atoms with van der Waals surface area (Å²) >= 11 is 0. The molecule has 6 nitrogen and oxygen atoms in total. The molecule has 116 valence electrons. The standard InChI is InChI=1S/C14H25NO5/c1-13(2,3)19-11(17)10(8-7-9-16)15-12(18)20-14(4,5)6/h7-8,10,16H,9H2,1-6H3,(H,15,18)/b8-7-. The van der Waals surface area contributed by atoms with E-state index in [0.717, 1.165) is 0 Å². The van der Waals surface area contributed by atoms with Gasteiger partial charge in [0.15, 0.2) is 0 Å². The van der Waals surface area contributed by atoms with E-state index in [0.29, 0.717) is 0 Å². The number of aliphatic hydroxyl groups is 1. The molecule has 0 heterocycles. The van der Waals surface area contributed by atoms with E-state index in [1.807, 2.05) is 0 Å². The van der Waals surface area contributed by atoms with E-state index in [1.165, 1.54) is 12.2 Å². The molecule has 6 heteroatoms. The lowest BCUT2D eigenvalue weighted by molar-refractivity contribution is -0.156. The maximum Gasteiger partial charge on any atom is 0.408 e. The van der Waals surface area contributed by atoms with Gasteiger partial charge in [-0.1, -0.05) is 12.2 Å². The summed E-state index contributed by atoms with van der Waals surface area (Å²) < 4.78 is 10.3. The van der Waals surface area contributed by atoms with E-state index in [4.69, 9.17) is 14.6 Å². The molecule has 0 saturated heterocycles. The first-order chi connectivity index (χ1) is 8.94. The first kappa shape index (κ1) is 18.4. The zero-order valence-electron chi connectivity index (χ0n) is 13.0. The van der Waals surface area contributed by atoms with Crippen LogP contribution in [0, 0.1) is 0 Å². The van der Waals surface area contributed by atoms with Gasteiger partial charge in [0.1, 0.15) is 17.2 Å². The average molecular weight is 287 g/mol. The Balaban J connectivity index is 4.77. The van der Waals surface area contributed by atoms with Crippen molar-refractivity contribution in [2.45, 2.75) is 58.8 Å². The van der Waals surface area contributed by atoms with Crippen LogP contribution in [0.4, 0.5) is 4.79 Å². The lowest BCUT2D eigenvalue weighted by Gasteiger charge is -2.25. The van der Waals surface area contributed by atoms with E-state index in [2.05, 4.69) is 5.32 Å². The summed E-state index contributed by atoms with van der Waals surface area (Å²) in [6.45, 7) is 10.1. The van der Waals surface area contributed by atoms with Crippen molar-refractivity contribution in [1.82, 2.24) is 5.32 Å². The molecule has 20 heavy (non-hydrogen) atoms. The minimum absolute atomic E-state index is 0.241. The molecule has 0 aromatic carbocycles. The van der Waals surface area contributed by atoms with Crippen LogP contribution in [0.1, 0.15) is 41.5 Å². The monoisotopic (exact) mass is 287 g/mol. The van der Waals surface area contributed by atoms with Gasteiger partial charge in [-0.25, -0.2) is 9.59 Å². The average Bonchev–Trinajstić information content (AvgIpc) is 2.18. The van der Waals surface area contributed by atoms with Crippen LogP contribution in [0.15, 0.2) is 12.2 Å². The minimum atomic E-state index is -1.00. The quantitative estimate of drug-likeness (QED) is 0.608. The van der Waals surface area contributed by atoms with E-state index in [-0.39, 0.29) is 6.61 Å². The van der Waals surface area contributed by atoms with Crippen LogP contribution < -0.4 is 5.32 Å². The fraction of sp³-hybridized carbons (Fsp3) is 0.714. The summed E-state index contributed by atoms with van der Waals surface area (Å²) in [4.78, 5) is 23.6. The Labute approximate surface area is 120 Å². The lowest BCUT2D eigenvalue weighted by atomic mass is 10.2. The molecule has 0 aromatic rings. The molecular weight excluding hydrogens is 262 g/mol. The normalized spacial score (nSPS) is 13.9. The molecular formula is C14H25NO5. The molecule has 0 aliphatic heterocycles. The Kier molecular flexibility index (Phi) is 6.72. The number of ether oxygens (including phenoxy) is 2. The smallest absolute Gasteiger partial charge is 0.408 e. The Hall–Kier alpha value is -1.56. The number of rotatable bonds is 4. The third kappa shape index (κ3) is 9.38. The number of hydrogen-bond donors (Lipinski definition) is 2. The summed E-state index contributed by atoms with van der Waals surface area (Å²) in [6, 6.07) is -1.00. The van der Waals surface area contributed by atoms with Gasteiger partial charge in [-0.05, 0) is 41.5 Å². The number of alkyl carbamates (subject to hydrolysis) is 1. The van der Waals surface area contributed by atoms with Crippen molar-refractivity contribution in [2.75, 3.05) is 6.61 Å². The fourth-order valence-electron chi connectivity index (χ4n) is 1.18.